The molecule has 0 bridgehead atoms. The van der Waals surface area contributed by atoms with Gasteiger partial charge >= 0.3 is 0 Å². The van der Waals surface area contributed by atoms with Crippen molar-refractivity contribution in [1.29, 1.82) is 0 Å². The summed E-state index contributed by atoms with van der Waals surface area (Å²) in [5, 5.41) is 11.1. The molecule has 1 aromatic heterocycles. The summed E-state index contributed by atoms with van der Waals surface area (Å²) in [5.74, 6) is 0.0678. The maximum atomic E-state index is 12.0. The number of nitrogens with one attached hydrogen (secondary N) is 1. The summed E-state index contributed by atoms with van der Waals surface area (Å²) in [5.41, 5.74) is 0.853. The Morgan fingerprint density at radius 1 is 1.50 bits per heavy atom. The smallest absolute Gasteiger partial charge is 0.244 e. The lowest BCUT2D eigenvalue weighted by molar-refractivity contribution is -0.136. The average molecular weight is 253 g/mol. The molecule has 1 saturated heterocycles. The normalized spacial score (nSPS) is 15.9. The van der Waals surface area contributed by atoms with Gasteiger partial charge in [-0.15, -0.1) is 5.10 Å². The molecule has 7 nitrogen and oxygen atoms in total. The molecule has 1 aliphatic heterocycles. The summed E-state index contributed by atoms with van der Waals surface area (Å²) >= 11 is 0. The number of amides is 1. The number of hydrogen-bond acceptors (Lipinski definition) is 5. The van der Waals surface area contributed by atoms with E-state index in [-0.39, 0.29) is 12.5 Å². The highest BCUT2D eigenvalue weighted by atomic mass is 16.5. The first-order valence-electron chi connectivity index (χ1n) is 6.25. The Hall–Kier alpha value is -1.47. The molecule has 1 amide bonds. The van der Waals surface area contributed by atoms with Crippen LogP contribution in [0.1, 0.15) is 12.6 Å². The fourth-order valence-corrected chi connectivity index (χ4v) is 1.80. The SMILES string of the molecule is CCNCc1cn(CC(=O)N2CCOCC2)nn1. The lowest BCUT2D eigenvalue weighted by Gasteiger charge is -2.26. The van der Waals surface area contributed by atoms with E-state index in [2.05, 4.69) is 15.6 Å². The number of hydrogen-bond donors (Lipinski definition) is 1. The molecule has 1 N–H and O–H groups in total. The number of ether oxygens (including phenoxy) is 1. The largest absolute Gasteiger partial charge is 0.378 e. The van der Waals surface area contributed by atoms with Gasteiger partial charge in [0.2, 0.25) is 5.91 Å². The topological polar surface area (TPSA) is 72.3 Å². The van der Waals surface area contributed by atoms with Crippen LogP contribution < -0.4 is 5.32 Å². The number of rotatable bonds is 5. The minimum Gasteiger partial charge on any atom is -0.378 e. The number of carbonyl (C=O) groups excluding carboxylic acids is 1. The van der Waals surface area contributed by atoms with E-state index in [1.807, 2.05) is 6.92 Å². The summed E-state index contributed by atoms with van der Waals surface area (Å²) in [6, 6.07) is 0. The zero-order valence-corrected chi connectivity index (χ0v) is 10.6. The van der Waals surface area contributed by atoms with E-state index in [1.54, 1.807) is 15.8 Å². The average Bonchev–Trinajstić information content (AvgIpc) is 2.85. The van der Waals surface area contributed by atoms with Crippen molar-refractivity contribution in [2.45, 2.75) is 20.0 Å². The van der Waals surface area contributed by atoms with Gasteiger partial charge in [-0.25, -0.2) is 4.68 Å². The first kappa shape index (κ1) is 13.0. The van der Waals surface area contributed by atoms with Gasteiger partial charge in [-0.3, -0.25) is 4.79 Å². The van der Waals surface area contributed by atoms with Crippen molar-refractivity contribution in [3.8, 4) is 0 Å². The van der Waals surface area contributed by atoms with Crippen LogP contribution in [0.2, 0.25) is 0 Å². The predicted molar refractivity (Wildman–Crippen MR) is 64.8 cm³/mol. The Morgan fingerprint density at radius 3 is 3.00 bits per heavy atom. The van der Waals surface area contributed by atoms with Crippen LogP contribution in [0.25, 0.3) is 0 Å². The summed E-state index contributed by atoms with van der Waals surface area (Å²) < 4.78 is 6.80. The molecule has 0 aromatic carbocycles. The summed E-state index contributed by atoms with van der Waals surface area (Å²) in [7, 11) is 0. The Balaban J connectivity index is 1.84. The zero-order chi connectivity index (χ0) is 12.8. The molecule has 0 aliphatic carbocycles. The number of nitrogens with zero attached hydrogens (tertiary/aromatic N) is 4. The standard InChI is InChI=1S/C11H19N5O2/c1-2-12-7-10-8-16(14-13-10)9-11(17)15-3-5-18-6-4-15/h8,12H,2-7,9H2,1H3. The second-order valence-corrected chi connectivity index (χ2v) is 4.18. The highest BCUT2D eigenvalue weighted by molar-refractivity contribution is 5.75. The van der Waals surface area contributed by atoms with Crippen LogP contribution in [0.5, 0.6) is 0 Å². The van der Waals surface area contributed by atoms with Crippen LogP contribution in [0, 0.1) is 0 Å². The fourth-order valence-electron chi connectivity index (χ4n) is 1.80. The van der Waals surface area contributed by atoms with E-state index in [0.29, 0.717) is 32.8 Å². The van der Waals surface area contributed by atoms with E-state index in [9.17, 15) is 4.79 Å². The molecule has 0 spiro atoms. The van der Waals surface area contributed by atoms with Gasteiger partial charge in [-0.2, -0.15) is 0 Å². The Bertz CT molecular complexity index is 387. The predicted octanol–water partition coefficient (Wildman–Crippen LogP) is -0.754. The van der Waals surface area contributed by atoms with Crippen molar-refractivity contribution in [3.05, 3.63) is 11.9 Å². The molecule has 1 fully saturated rings. The maximum absolute atomic E-state index is 12.0. The van der Waals surface area contributed by atoms with Gasteiger partial charge in [0, 0.05) is 19.6 Å². The number of carbonyl (C=O) groups is 1. The molecular weight excluding hydrogens is 234 g/mol. The van der Waals surface area contributed by atoms with E-state index in [0.717, 1.165) is 12.2 Å². The first-order valence-corrected chi connectivity index (χ1v) is 6.25. The van der Waals surface area contributed by atoms with Crippen LogP contribution in [0.4, 0.5) is 0 Å². The second kappa shape index (κ2) is 6.46. The lowest BCUT2D eigenvalue weighted by Crippen LogP contribution is -2.42. The molecule has 18 heavy (non-hydrogen) atoms. The van der Waals surface area contributed by atoms with Crippen LogP contribution in [0.3, 0.4) is 0 Å². The van der Waals surface area contributed by atoms with Crippen LogP contribution in [-0.2, 0) is 22.6 Å². The highest BCUT2D eigenvalue weighted by Gasteiger charge is 2.17. The Morgan fingerprint density at radius 2 is 2.28 bits per heavy atom. The van der Waals surface area contributed by atoms with Crippen molar-refractivity contribution in [2.24, 2.45) is 0 Å². The minimum atomic E-state index is 0.0678. The minimum absolute atomic E-state index is 0.0678. The molecule has 7 heteroatoms. The maximum Gasteiger partial charge on any atom is 0.244 e. The molecule has 0 unspecified atom stereocenters. The van der Waals surface area contributed by atoms with Crippen LogP contribution in [0.15, 0.2) is 6.20 Å². The lowest BCUT2D eigenvalue weighted by atomic mass is 10.4. The third kappa shape index (κ3) is 3.51. The third-order valence-electron chi connectivity index (χ3n) is 2.80. The van der Waals surface area contributed by atoms with Gasteiger partial charge in [0.15, 0.2) is 0 Å². The van der Waals surface area contributed by atoms with E-state index in [1.165, 1.54) is 0 Å². The highest BCUT2D eigenvalue weighted by Crippen LogP contribution is 2.00. The molecule has 0 atom stereocenters. The van der Waals surface area contributed by atoms with Gasteiger partial charge in [0.25, 0.3) is 0 Å². The van der Waals surface area contributed by atoms with Crippen LogP contribution >= 0.6 is 0 Å². The van der Waals surface area contributed by atoms with Crippen molar-refractivity contribution in [1.82, 2.24) is 25.2 Å². The number of morpholine rings is 1. The van der Waals surface area contributed by atoms with Crippen molar-refractivity contribution >= 4 is 5.91 Å². The van der Waals surface area contributed by atoms with Gasteiger partial charge in [0.05, 0.1) is 25.1 Å². The molecule has 0 radical (unpaired) electrons. The first-order chi connectivity index (χ1) is 8.79. The monoisotopic (exact) mass is 253 g/mol. The second-order valence-electron chi connectivity index (χ2n) is 4.18. The molecule has 100 valence electrons. The van der Waals surface area contributed by atoms with Gasteiger partial charge < -0.3 is 15.0 Å². The van der Waals surface area contributed by atoms with Crippen molar-refractivity contribution < 1.29 is 9.53 Å². The zero-order valence-electron chi connectivity index (χ0n) is 10.6. The van der Waals surface area contributed by atoms with E-state index in [4.69, 9.17) is 4.74 Å². The number of aromatic nitrogens is 3. The molecular formula is C11H19N5O2. The van der Waals surface area contributed by atoms with Gasteiger partial charge in [0.1, 0.15) is 6.54 Å². The van der Waals surface area contributed by atoms with Crippen molar-refractivity contribution in [2.75, 3.05) is 32.8 Å². The van der Waals surface area contributed by atoms with Crippen LogP contribution in [-0.4, -0.2) is 58.6 Å². The molecule has 1 aromatic rings. The summed E-state index contributed by atoms with van der Waals surface area (Å²) in [4.78, 5) is 13.8. The van der Waals surface area contributed by atoms with Gasteiger partial charge in [-0.1, -0.05) is 12.1 Å². The molecule has 2 heterocycles. The quantitative estimate of drug-likeness (QED) is 0.747. The van der Waals surface area contributed by atoms with E-state index >= 15 is 0 Å². The summed E-state index contributed by atoms with van der Waals surface area (Å²) in [6.07, 6.45) is 1.81. The molecule has 1 aliphatic rings. The van der Waals surface area contributed by atoms with E-state index < -0.39 is 0 Å². The third-order valence-corrected chi connectivity index (χ3v) is 2.80. The molecule has 2 rings (SSSR count). The Labute approximate surface area is 106 Å². The van der Waals surface area contributed by atoms with Crippen molar-refractivity contribution in [3.63, 3.8) is 0 Å². The fraction of sp³-hybridized carbons (Fsp3) is 0.727. The molecule has 0 saturated carbocycles. The van der Waals surface area contributed by atoms with Gasteiger partial charge in [-0.05, 0) is 6.54 Å². The summed E-state index contributed by atoms with van der Waals surface area (Å²) in [6.45, 7) is 6.42. The Kier molecular flexibility index (Phi) is 4.66.